The van der Waals surface area contributed by atoms with Crippen molar-refractivity contribution < 1.29 is 13.5 Å². The molecule has 0 aliphatic rings. The van der Waals surface area contributed by atoms with Gasteiger partial charge in [0.05, 0.1) is 12.4 Å². The third kappa shape index (κ3) is 4.78. The Hall–Kier alpha value is -1.17. The van der Waals surface area contributed by atoms with Gasteiger partial charge < -0.3 is 5.11 Å². The van der Waals surface area contributed by atoms with E-state index in [4.69, 9.17) is 5.11 Å². The predicted octanol–water partition coefficient (Wildman–Crippen LogP) is 1.60. The van der Waals surface area contributed by atoms with Gasteiger partial charge >= 0.3 is 0 Å². The fourth-order valence-corrected chi connectivity index (χ4v) is 3.63. The molecular formula is C14H21NO3S. The molecule has 4 nitrogen and oxygen atoms in total. The number of aliphatic hydroxyl groups is 1. The monoisotopic (exact) mass is 283 g/mol. The Kier molecular flexibility index (Phi) is 6.21. The molecule has 19 heavy (non-hydrogen) atoms. The molecule has 0 radical (unpaired) electrons. The van der Waals surface area contributed by atoms with E-state index in [1.807, 2.05) is 37.3 Å². The summed E-state index contributed by atoms with van der Waals surface area (Å²) >= 11 is 0. The van der Waals surface area contributed by atoms with Gasteiger partial charge in [-0.2, -0.15) is 4.31 Å². The van der Waals surface area contributed by atoms with Gasteiger partial charge in [0.1, 0.15) is 0 Å². The van der Waals surface area contributed by atoms with Crippen LogP contribution in [0.2, 0.25) is 0 Å². The van der Waals surface area contributed by atoms with Crippen LogP contribution in [0.1, 0.15) is 18.4 Å². The highest BCUT2D eigenvalue weighted by atomic mass is 32.2. The lowest BCUT2D eigenvalue weighted by atomic mass is 10.0. The lowest BCUT2D eigenvalue weighted by Crippen LogP contribution is -2.36. The van der Waals surface area contributed by atoms with E-state index >= 15 is 0 Å². The molecule has 5 heteroatoms. The molecule has 0 spiro atoms. The number of hydrogen-bond acceptors (Lipinski definition) is 3. The van der Waals surface area contributed by atoms with E-state index in [0.717, 1.165) is 5.56 Å². The van der Waals surface area contributed by atoms with Crippen molar-refractivity contribution in [2.75, 3.05) is 25.4 Å². The summed E-state index contributed by atoms with van der Waals surface area (Å²) in [7, 11) is -3.39. The van der Waals surface area contributed by atoms with Crippen molar-refractivity contribution in [1.82, 2.24) is 4.31 Å². The normalized spacial score (nSPS) is 13.4. The van der Waals surface area contributed by atoms with E-state index in [0.29, 0.717) is 0 Å². The summed E-state index contributed by atoms with van der Waals surface area (Å²) in [5.74, 6) is -0.0533. The standard InChI is InChI=1S/C14H21NO3S/c1-3-9-15(10-11-16)19(17,18)12-13(2)14-7-5-4-6-8-14/h3-8,13,16H,1,9-12H2,2H3. The molecule has 0 bridgehead atoms. The first-order valence-corrected chi connectivity index (χ1v) is 7.86. The third-order valence-electron chi connectivity index (χ3n) is 2.90. The average molecular weight is 283 g/mol. The van der Waals surface area contributed by atoms with E-state index in [9.17, 15) is 8.42 Å². The molecule has 0 saturated heterocycles. The predicted molar refractivity (Wildman–Crippen MR) is 77.5 cm³/mol. The number of benzene rings is 1. The second-order valence-electron chi connectivity index (χ2n) is 4.46. The summed E-state index contributed by atoms with van der Waals surface area (Å²) in [4.78, 5) is 0. The zero-order chi connectivity index (χ0) is 14.3. The van der Waals surface area contributed by atoms with Crippen molar-refractivity contribution >= 4 is 10.0 Å². The smallest absolute Gasteiger partial charge is 0.215 e. The van der Waals surface area contributed by atoms with Crippen LogP contribution in [0.5, 0.6) is 0 Å². The van der Waals surface area contributed by atoms with Crippen LogP contribution < -0.4 is 0 Å². The van der Waals surface area contributed by atoms with E-state index in [1.165, 1.54) is 10.4 Å². The molecule has 0 saturated carbocycles. The number of hydrogen-bond donors (Lipinski definition) is 1. The van der Waals surface area contributed by atoms with Crippen LogP contribution >= 0.6 is 0 Å². The van der Waals surface area contributed by atoms with Crippen molar-refractivity contribution in [1.29, 1.82) is 0 Å². The molecule has 0 aliphatic carbocycles. The molecule has 0 amide bonds. The number of aliphatic hydroxyl groups excluding tert-OH is 1. The minimum absolute atomic E-state index is 0.0326. The van der Waals surface area contributed by atoms with Gasteiger partial charge in [-0.15, -0.1) is 6.58 Å². The van der Waals surface area contributed by atoms with Crippen molar-refractivity contribution in [2.45, 2.75) is 12.8 Å². The van der Waals surface area contributed by atoms with Crippen LogP contribution in [0, 0.1) is 0 Å². The third-order valence-corrected chi connectivity index (χ3v) is 4.94. The van der Waals surface area contributed by atoms with E-state index in [-0.39, 0.29) is 31.4 Å². The first-order valence-electron chi connectivity index (χ1n) is 6.25. The molecule has 0 aromatic heterocycles. The molecule has 0 heterocycles. The summed E-state index contributed by atoms with van der Waals surface area (Å²) in [6.07, 6.45) is 1.53. The van der Waals surface area contributed by atoms with Crippen molar-refractivity contribution in [3.63, 3.8) is 0 Å². The maximum absolute atomic E-state index is 12.3. The largest absolute Gasteiger partial charge is 0.395 e. The fraction of sp³-hybridized carbons (Fsp3) is 0.429. The van der Waals surface area contributed by atoms with Gasteiger partial charge in [-0.05, 0) is 11.5 Å². The van der Waals surface area contributed by atoms with Gasteiger partial charge in [-0.3, -0.25) is 0 Å². The van der Waals surface area contributed by atoms with Crippen molar-refractivity contribution in [3.8, 4) is 0 Å². The Balaban J connectivity index is 2.80. The second kappa shape index (κ2) is 7.43. The molecule has 0 aliphatic heterocycles. The van der Waals surface area contributed by atoms with E-state index < -0.39 is 10.0 Å². The number of sulfonamides is 1. The van der Waals surface area contributed by atoms with Gasteiger partial charge in [0, 0.05) is 13.1 Å². The summed E-state index contributed by atoms with van der Waals surface area (Å²) in [6, 6.07) is 9.54. The van der Waals surface area contributed by atoms with Crippen molar-refractivity contribution in [2.24, 2.45) is 0 Å². The Morgan fingerprint density at radius 1 is 1.37 bits per heavy atom. The zero-order valence-electron chi connectivity index (χ0n) is 11.2. The average Bonchev–Trinajstić information content (AvgIpc) is 2.39. The Morgan fingerprint density at radius 2 is 2.00 bits per heavy atom. The van der Waals surface area contributed by atoms with Gasteiger partial charge in [-0.1, -0.05) is 43.3 Å². The van der Waals surface area contributed by atoms with E-state index in [2.05, 4.69) is 6.58 Å². The lowest BCUT2D eigenvalue weighted by molar-refractivity contribution is 0.260. The zero-order valence-corrected chi connectivity index (χ0v) is 12.0. The molecular weight excluding hydrogens is 262 g/mol. The minimum atomic E-state index is -3.39. The van der Waals surface area contributed by atoms with Crippen LogP contribution in [0.25, 0.3) is 0 Å². The topological polar surface area (TPSA) is 57.6 Å². The van der Waals surface area contributed by atoms with E-state index in [1.54, 1.807) is 0 Å². The Bertz CT molecular complexity index is 485. The van der Waals surface area contributed by atoms with Crippen LogP contribution in [0.15, 0.2) is 43.0 Å². The van der Waals surface area contributed by atoms with Crippen molar-refractivity contribution in [3.05, 3.63) is 48.6 Å². The van der Waals surface area contributed by atoms with Gasteiger partial charge in [-0.25, -0.2) is 8.42 Å². The molecule has 0 fully saturated rings. The summed E-state index contributed by atoms with van der Waals surface area (Å²) in [5, 5.41) is 8.94. The molecule has 1 aromatic rings. The van der Waals surface area contributed by atoms with Crippen LogP contribution in [-0.2, 0) is 10.0 Å². The Labute approximate surface area is 115 Å². The highest BCUT2D eigenvalue weighted by Crippen LogP contribution is 2.18. The molecule has 1 atom stereocenters. The Morgan fingerprint density at radius 3 is 2.53 bits per heavy atom. The van der Waals surface area contributed by atoms with Gasteiger partial charge in [0.25, 0.3) is 0 Å². The summed E-state index contributed by atoms with van der Waals surface area (Å²) in [6.45, 7) is 5.58. The first kappa shape index (κ1) is 15.9. The SMILES string of the molecule is C=CCN(CCO)S(=O)(=O)CC(C)c1ccccc1. The quantitative estimate of drug-likeness (QED) is 0.737. The van der Waals surface area contributed by atoms with Crippen LogP contribution in [0.3, 0.4) is 0 Å². The van der Waals surface area contributed by atoms with Crippen LogP contribution in [-0.4, -0.2) is 43.3 Å². The summed E-state index contributed by atoms with van der Waals surface area (Å²) < 4.78 is 25.8. The van der Waals surface area contributed by atoms with Gasteiger partial charge in [0.15, 0.2) is 0 Å². The number of nitrogens with zero attached hydrogens (tertiary/aromatic N) is 1. The lowest BCUT2D eigenvalue weighted by Gasteiger charge is -2.22. The molecule has 1 N–H and O–H groups in total. The number of rotatable bonds is 8. The maximum atomic E-state index is 12.3. The second-order valence-corrected chi connectivity index (χ2v) is 6.47. The van der Waals surface area contributed by atoms with Gasteiger partial charge in [0.2, 0.25) is 10.0 Å². The highest BCUT2D eigenvalue weighted by molar-refractivity contribution is 7.89. The minimum Gasteiger partial charge on any atom is -0.395 e. The fourth-order valence-electron chi connectivity index (χ4n) is 1.90. The summed E-state index contributed by atoms with van der Waals surface area (Å²) in [5.41, 5.74) is 0.994. The first-order chi connectivity index (χ1) is 9.01. The molecule has 1 aromatic carbocycles. The molecule has 1 rings (SSSR count). The molecule has 106 valence electrons. The molecule has 1 unspecified atom stereocenters. The maximum Gasteiger partial charge on any atom is 0.215 e. The van der Waals surface area contributed by atoms with Crippen LogP contribution in [0.4, 0.5) is 0 Å². The highest BCUT2D eigenvalue weighted by Gasteiger charge is 2.23.